The van der Waals surface area contributed by atoms with E-state index < -0.39 is 0 Å². The number of hydrogen-bond donors (Lipinski definition) is 1. The first-order chi connectivity index (χ1) is 4.40. The molecule has 0 unspecified atom stereocenters. The topological polar surface area (TPSA) is 29.5 Å². The Morgan fingerprint density at radius 3 is 2.78 bits per heavy atom. The summed E-state index contributed by atoms with van der Waals surface area (Å²) in [6, 6.07) is 0. The Morgan fingerprint density at radius 1 is 1.56 bits per heavy atom. The average molecular weight is 126 g/mol. The fourth-order valence-electron chi connectivity index (χ4n) is 1.54. The molecule has 0 aliphatic carbocycles. The minimum absolute atomic E-state index is 0.222. The molecule has 1 saturated heterocycles. The number of fused-ring (bicyclic) bond motifs is 2. The molecular weight excluding hydrogens is 116 g/mol. The zero-order valence-electron chi connectivity index (χ0n) is 5.16. The molecule has 0 aromatic carbocycles. The minimum Gasteiger partial charge on any atom is -0.396 e. The molecule has 0 spiro atoms. The van der Waals surface area contributed by atoms with Crippen LogP contribution < -0.4 is 0 Å². The van der Waals surface area contributed by atoms with Crippen molar-refractivity contribution in [3.05, 3.63) is 12.2 Å². The van der Waals surface area contributed by atoms with Crippen LogP contribution in [0.4, 0.5) is 0 Å². The van der Waals surface area contributed by atoms with Gasteiger partial charge in [0.1, 0.15) is 0 Å². The highest BCUT2D eigenvalue weighted by Gasteiger charge is 2.35. The van der Waals surface area contributed by atoms with E-state index >= 15 is 0 Å². The van der Waals surface area contributed by atoms with Gasteiger partial charge in [0, 0.05) is 12.5 Å². The van der Waals surface area contributed by atoms with Crippen LogP contribution >= 0.6 is 0 Å². The van der Waals surface area contributed by atoms with Gasteiger partial charge in [-0.1, -0.05) is 12.2 Å². The van der Waals surface area contributed by atoms with E-state index in [0.29, 0.717) is 12.0 Å². The summed E-state index contributed by atoms with van der Waals surface area (Å²) in [5.41, 5.74) is 0. The standard InChI is InChI=1S/C7H10O2/c8-4-5-3-6-1-2-7(5)9-6/h1-2,5-8H,3-4H2/t5-,6-,7+/m0/s1. The highest BCUT2D eigenvalue weighted by atomic mass is 16.5. The number of ether oxygens (including phenoxy) is 1. The highest BCUT2D eigenvalue weighted by molar-refractivity contribution is 5.10. The minimum atomic E-state index is 0.222. The molecule has 0 aromatic heterocycles. The van der Waals surface area contributed by atoms with E-state index in [1.54, 1.807) is 0 Å². The molecular formula is C7H10O2. The maximum absolute atomic E-state index is 8.77. The smallest absolute Gasteiger partial charge is 0.0815 e. The Labute approximate surface area is 54.1 Å². The fraction of sp³-hybridized carbons (Fsp3) is 0.714. The lowest BCUT2D eigenvalue weighted by Gasteiger charge is -2.10. The predicted molar refractivity (Wildman–Crippen MR) is 33.0 cm³/mol. The lowest BCUT2D eigenvalue weighted by Crippen LogP contribution is -2.16. The second kappa shape index (κ2) is 1.82. The van der Waals surface area contributed by atoms with Gasteiger partial charge < -0.3 is 9.84 Å². The Hall–Kier alpha value is -0.340. The van der Waals surface area contributed by atoms with Crippen LogP contribution in [0.5, 0.6) is 0 Å². The number of hydrogen-bond acceptors (Lipinski definition) is 2. The first-order valence-corrected chi connectivity index (χ1v) is 3.35. The van der Waals surface area contributed by atoms with E-state index in [9.17, 15) is 0 Å². The third kappa shape index (κ3) is 0.705. The lowest BCUT2D eigenvalue weighted by molar-refractivity contribution is 0.0949. The molecule has 0 radical (unpaired) electrons. The molecule has 1 N–H and O–H groups in total. The third-order valence-electron chi connectivity index (χ3n) is 2.08. The molecule has 50 valence electrons. The van der Waals surface area contributed by atoms with E-state index in [-0.39, 0.29) is 12.7 Å². The maximum Gasteiger partial charge on any atom is 0.0815 e. The molecule has 2 aliphatic heterocycles. The molecule has 0 amide bonds. The van der Waals surface area contributed by atoms with Crippen molar-refractivity contribution in [1.29, 1.82) is 0 Å². The summed E-state index contributed by atoms with van der Waals surface area (Å²) in [4.78, 5) is 0. The first kappa shape index (κ1) is 5.45. The predicted octanol–water partition coefficient (Wildman–Crippen LogP) is 0.322. The molecule has 3 atom stereocenters. The van der Waals surface area contributed by atoms with Gasteiger partial charge in [0.2, 0.25) is 0 Å². The molecule has 2 heteroatoms. The van der Waals surface area contributed by atoms with E-state index in [1.807, 2.05) is 0 Å². The zero-order chi connectivity index (χ0) is 6.27. The molecule has 9 heavy (non-hydrogen) atoms. The zero-order valence-corrected chi connectivity index (χ0v) is 5.16. The Morgan fingerprint density at radius 2 is 2.44 bits per heavy atom. The molecule has 2 rings (SSSR count). The van der Waals surface area contributed by atoms with Crippen LogP contribution in [-0.4, -0.2) is 23.9 Å². The van der Waals surface area contributed by atoms with Gasteiger partial charge in [0.15, 0.2) is 0 Å². The Balaban J connectivity index is 2.10. The summed E-state index contributed by atoms with van der Waals surface area (Å²) in [5.74, 6) is 0.375. The fourth-order valence-corrected chi connectivity index (χ4v) is 1.54. The van der Waals surface area contributed by atoms with Crippen molar-refractivity contribution in [3.8, 4) is 0 Å². The normalized spacial score (nSPS) is 46.6. The first-order valence-electron chi connectivity index (χ1n) is 3.35. The number of aliphatic hydroxyl groups is 1. The van der Waals surface area contributed by atoms with Crippen molar-refractivity contribution in [1.82, 2.24) is 0 Å². The van der Waals surface area contributed by atoms with Gasteiger partial charge >= 0.3 is 0 Å². The van der Waals surface area contributed by atoms with Crippen LogP contribution in [0.15, 0.2) is 12.2 Å². The van der Waals surface area contributed by atoms with Gasteiger partial charge in [-0.2, -0.15) is 0 Å². The number of rotatable bonds is 1. The van der Waals surface area contributed by atoms with Crippen LogP contribution in [0.3, 0.4) is 0 Å². The lowest BCUT2D eigenvalue weighted by atomic mass is 9.95. The summed E-state index contributed by atoms with van der Waals surface area (Å²) >= 11 is 0. The maximum atomic E-state index is 8.77. The number of aliphatic hydroxyl groups excluding tert-OH is 1. The van der Waals surface area contributed by atoms with E-state index in [2.05, 4.69) is 12.2 Å². The van der Waals surface area contributed by atoms with Crippen molar-refractivity contribution < 1.29 is 9.84 Å². The van der Waals surface area contributed by atoms with Crippen molar-refractivity contribution in [2.45, 2.75) is 18.6 Å². The van der Waals surface area contributed by atoms with Crippen LogP contribution in [0.1, 0.15) is 6.42 Å². The summed E-state index contributed by atoms with van der Waals surface area (Å²) in [5, 5.41) is 8.77. The highest BCUT2D eigenvalue weighted by Crippen LogP contribution is 2.32. The average Bonchev–Trinajstić information content (AvgIpc) is 2.45. The second-order valence-corrected chi connectivity index (χ2v) is 2.70. The Kier molecular flexibility index (Phi) is 1.10. The Bertz CT molecular complexity index is 142. The van der Waals surface area contributed by atoms with Crippen LogP contribution in [0.25, 0.3) is 0 Å². The quantitative estimate of drug-likeness (QED) is 0.513. The summed E-state index contributed by atoms with van der Waals surface area (Å²) in [6.45, 7) is 0.269. The summed E-state index contributed by atoms with van der Waals surface area (Å²) < 4.78 is 5.40. The van der Waals surface area contributed by atoms with Crippen LogP contribution in [-0.2, 0) is 4.74 Å². The van der Waals surface area contributed by atoms with E-state index in [1.165, 1.54) is 0 Å². The van der Waals surface area contributed by atoms with Crippen LogP contribution in [0, 0.1) is 5.92 Å². The largest absolute Gasteiger partial charge is 0.396 e. The van der Waals surface area contributed by atoms with Gasteiger partial charge in [-0.3, -0.25) is 0 Å². The molecule has 2 bridgehead atoms. The van der Waals surface area contributed by atoms with Gasteiger partial charge in [-0.15, -0.1) is 0 Å². The molecule has 1 fully saturated rings. The van der Waals surface area contributed by atoms with Gasteiger partial charge in [-0.25, -0.2) is 0 Å². The molecule has 0 saturated carbocycles. The SMILES string of the molecule is OC[C@@H]1C[C@@H]2C=C[C@H]1O2. The third-order valence-corrected chi connectivity index (χ3v) is 2.08. The van der Waals surface area contributed by atoms with Gasteiger partial charge in [-0.05, 0) is 6.42 Å². The van der Waals surface area contributed by atoms with E-state index in [4.69, 9.17) is 9.84 Å². The monoisotopic (exact) mass is 126 g/mol. The summed E-state index contributed by atoms with van der Waals surface area (Å²) in [6.07, 6.45) is 5.68. The molecule has 0 aromatic rings. The van der Waals surface area contributed by atoms with Gasteiger partial charge in [0.25, 0.3) is 0 Å². The van der Waals surface area contributed by atoms with Crippen molar-refractivity contribution in [3.63, 3.8) is 0 Å². The van der Waals surface area contributed by atoms with E-state index in [0.717, 1.165) is 6.42 Å². The second-order valence-electron chi connectivity index (χ2n) is 2.70. The molecule has 2 heterocycles. The molecule has 2 nitrogen and oxygen atoms in total. The van der Waals surface area contributed by atoms with Crippen molar-refractivity contribution in [2.24, 2.45) is 5.92 Å². The summed E-state index contributed by atoms with van der Waals surface area (Å²) in [7, 11) is 0. The van der Waals surface area contributed by atoms with Gasteiger partial charge in [0.05, 0.1) is 12.2 Å². The van der Waals surface area contributed by atoms with Crippen LogP contribution in [0.2, 0.25) is 0 Å². The van der Waals surface area contributed by atoms with Crippen molar-refractivity contribution >= 4 is 0 Å². The molecule has 2 aliphatic rings. The van der Waals surface area contributed by atoms with Crippen molar-refractivity contribution in [2.75, 3.05) is 6.61 Å².